The lowest BCUT2D eigenvalue weighted by Gasteiger charge is -2.05. The van der Waals surface area contributed by atoms with Gasteiger partial charge in [0.25, 0.3) is 0 Å². The predicted molar refractivity (Wildman–Crippen MR) is 105 cm³/mol. The molecule has 1 aromatic heterocycles. The zero-order valence-electron chi connectivity index (χ0n) is 14.6. The molecule has 0 fully saturated rings. The molecule has 5 heteroatoms. The first-order chi connectivity index (χ1) is 13.1. The molecule has 0 atom stereocenters. The highest BCUT2D eigenvalue weighted by Gasteiger charge is 2.22. The van der Waals surface area contributed by atoms with Gasteiger partial charge in [-0.15, -0.1) is 0 Å². The van der Waals surface area contributed by atoms with Crippen molar-refractivity contribution in [2.24, 2.45) is 0 Å². The van der Waals surface area contributed by atoms with Crippen LogP contribution in [0.1, 0.15) is 10.4 Å². The molecule has 4 rings (SSSR count). The molecule has 0 radical (unpaired) electrons. The van der Waals surface area contributed by atoms with Gasteiger partial charge in [0.1, 0.15) is 0 Å². The number of aromatic hydroxyl groups is 1. The Morgan fingerprint density at radius 2 is 1.78 bits per heavy atom. The topological polar surface area (TPSA) is 85.7 Å². The smallest absolute Gasteiger partial charge is 0.337 e. The summed E-state index contributed by atoms with van der Waals surface area (Å²) in [7, 11) is 1.32. The van der Waals surface area contributed by atoms with E-state index < -0.39 is 5.97 Å². The van der Waals surface area contributed by atoms with Crippen LogP contribution in [-0.4, -0.2) is 18.2 Å². The Labute approximate surface area is 155 Å². The molecular weight excluding hydrogens is 342 g/mol. The number of carbonyl (C=O) groups excluding carboxylic acids is 1. The second-order valence-corrected chi connectivity index (χ2v) is 6.12. The summed E-state index contributed by atoms with van der Waals surface area (Å²) in [5.74, 6) is -0.154. The first-order valence-electron chi connectivity index (χ1n) is 8.38. The number of rotatable bonds is 3. The molecule has 0 aliphatic heterocycles. The van der Waals surface area contributed by atoms with Crippen LogP contribution >= 0.6 is 0 Å². The van der Waals surface area contributed by atoms with E-state index in [2.05, 4.69) is 0 Å². The normalized spacial score (nSPS) is 10.9. The molecule has 3 aromatic carbocycles. The van der Waals surface area contributed by atoms with Crippen LogP contribution in [0.15, 0.2) is 71.1 Å². The molecule has 3 N–H and O–H groups in total. The Hall–Kier alpha value is -3.73. The molecule has 0 unspecified atom stereocenters. The Balaban J connectivity index is 1.89. The summed E-state index contributed by atoms with van der Waals surface area (Å²) in [6, 6.07) is 20.3. The monoisotopic (exact) mass is 359 g/mol. The van der Waals surface area contributed by atoms with Crippen LogP contribution in [0.2, 0.25) is 0 Å². The minimum absolute atomic E-state index is 0.0640. The minimum atomic E-state index is -0.465. The van der Waals surface area contributed by atoms with Crippen molar-refractivity contribution in [3.05, 3.63) is 72.3 Å². The average molecular weight is 359 g/mol. The van der Waals surface area contributed by atoms with Gasteiger partial charge in [0.2, 0.25) is 5.88 Å². The van der Waals surface area contributed by atoms with Crippen molar-refractivity contribution in [2.75, 3.05) is 12.8 Å². The highest BCUT2D eigenvalue weighted by atomic mass is 16.5. The lowest BCUT2D eigenvalue weighted by molar-refractivity contribution is 0.0601. The number of hydrogen-bond donors (Lipinski definition) is 2. The van der Waals surface area contributed by atoms with Gasteiger partial charge in [-0.3, -0.25) is 0 Å². The Kier molecular flexibility index (Phi) is 4.05. The molecule has 0 amide bonds. The van der Waals surface area contributed by atoms with Crippen molar-refractivity contribution in [2.45, 2.75) is 0 Å². The van der Waals surface area contributed by atoms with Crippen molar-refractivity contribution in [1.29, 1.82) is 0 Å². The summed E-state index contributed by atoms with van der Waals surface area (Å²) in [4.78, 5) is 11.8. The molecule has 5 nitrogen and oxygen atoms in total. The van der Waals surface area contributed by atoms with E-state index in [1.54, 1.807) is 24.3 Å². The van der Waals surface area contributed by atoms with E-state index in [0.717, 1.165) is 16.3 Å². The summed E-state index contributed by atoms with van der Waals surface area (Å²) < 4.78 is 10.5. The number of nitrogen functional groups attached to an aromatic ring is 1. The van der Waals surface area contributed by atoms with Crippen molar-refractivity contribution in [1.82, 2.24) is 0 Å². The maximum Gasteiger partial charge on any atom is 0.337 e. The zero-order chi connectivity index (χ0) is 19.0. The van der Waals surface area contributed by atoms with Crippen molar-refractivity contribution in [3.8, 4) is 28.2 Å². The van der Waals surface area contributed by atoms with Crippen molar-refractivity contribution < 1.29 is 19.1 Å². The largest absolute Gasteiger partial charge is 0.504 e. The van der Waals surface area contributed by atoms with Gasteiger partial charge in [-0.1, -0.05) is 54.6 Å². The van der Waals surface area contributed by atoms with Crippen LogP contribution in [0, 0.1) is 0 Å². The maximum absolute atomic E-state index is 11.8. The van der Waals surface area contributed by atoms with E-state index in [4.69, 9.17) is 14.9 Å². The number of carbonyl (C=O) groups is 1. The van der Waals surface area contributed by atoms with Gasteiger partial charge in [0, 0.05) is 5.56 Å². The van der Waals surface area contributed by atoms with Crippen LogP contribution in [0.25, 0.3) is 33.2 Å². The highest BCUT2D eigenvalue weighted by Crippen LogP contribution is 2.46. The lowest BCUT2D eigenvalue weighted by Crippen LogP contribution is -2.00. The number of hydrogen-bond acceptors (Lipinski definition) is 5. The average Bonchev–Trinajstić information content (AvgIpc) is 3.01. The molecule has 27 heavy (non-hydrogen) atoms. The van der Waals surface area contributed by atoms with E-state index >= 15 is 0 Å². The summed E-state index contributed by atoms with van der Waals surface area (Å²) >= 11 is 0. The molecule has 0 aliphatic rings. The number of benzene rings is 3. The summed E-state index contributed by atoms with van der Waals surface area (Å²) in [5, 5.41) is 12.8. The van der Waals surface area contributed by atoms with Crippen LogP contribution in [0.5, 0.6) is 5.75 Å². The number of furan rings is 1. The second kappa shape index (κ2) is 6.53. The summed E-state index contributed by atoms with van der Waals surface area (Å²) in [5.41, 5.74) is 8.10. The minimum Gasteiger partial charge on any atom is -0.504 e. The fraction of sp³-hybridized carbons (Fsp3) is 0.0455. The third kappa shape index (κ3) is 2.79. The molecular formula is C22H17NO4. The number of ether oxygens (including phenoxy) is 1. The predicted octanol–water partition coefficient (Wildman–Crippen LogP) is 4.84. The van der Waals surface area contributed by atoms with E-state index in [1.807, 2.05) is 42.5 Å². The molecule has 134 valence electrons. The molecule has 1 heterocycles. The molecule has 0 bridgehead atoms. The molecule has 0 spiro atoms. The third-order valence-electron chi connectivity index (χ3n) is 4.52. The van der Waals surface area contributed by atoms with Crippen LogP contribution in [0.4, 0.5) is 5.88 Å². The number of anilines is 1. The highest BCUT2D eigenvalue weighted by molar-refractivity contribution is 5.99. The zero-order valence-corrected chi connectivity index (χ0v) is 14.6. The van der Waals surface area contributed by atoms with Crippen LogP contribution < -0.4 is 5.73 Å². The van der Waals surface area contributed by atoms with E-state index in [0.29, 0.717) is 22.5 Å². The SMILES string of the molecule is COC(=O)c1cccc(-c2c(N)oc(-c3cccc4ccccc34)c2O)c1. The van der Waals surface area contributed by atoms with E-state index in [1.165, 1.54) is 7.11 Å². The number of methoxy groups -OCH3 is 1. The lowest BCUT2D eigenvalue weighted by atomic mass is 10.00. The van der Waals surface area contributed by atoms with Gasteiger partial charge in [0.05, 0.1) is 18.2 Å². The van der Waals surface area contributed by atoms with Gasteiger partial charge < -0.3 is 20.0 Å². The van der Waals surface area contributed by atoms with Gasteiger partial charge in [-0.25, -0.2) is 4.79 Å². The van der Waals surface area contributed by atoms with Gasteiger partial charge in [-0.05, 0) is 28.5 Å². The molecule has 0 saturated carbocycles. The number of esters is 1. The fourth-order valence-corrected chi connectivity index (χ4v) is 3.24. The van der Waals surface area contributed by atoms with Crippen LogP contribution in [-0.2, 0) is 4.74 Å². The van der Waals surface area contributed by atoms with Crippen molar-refractivity contribution >= 4 is 22.6 Å². The Morgan fingerprint density at radius 1 is 1.04 bits per heavy atom. The third-order valence-corrected chi connectivity index (χ3v) is 4.52. The van der Waals surface area contributed by atoms with E-state index in [9.17, 15) is 9.90 Å². The molecule has 4 aromatic rings. The number of fused-ring (bicyclic) bond motifs is 1. The Morgan fingerprint density at radius 3 is 2.59 bits per heavy atom. The summed E-state index contributed by atoms with van der Waals surface area (Å²) in [6.07, 6.45) is 0. The molecule has 0 aliphatic carbocycles. The standard InChI is InChI=1S/C22H17NO4/c1-26-22(25)15-9-4-8-14(12-15)18-19(24)20(27-21(18)23)17-11-5-7-13-6-2-3-10-16(13)17/h2-12,24H,23H2,1H3. The van der Waals surface area contributed by atoms with Gasteiger partial charge >= 0.3 is 5.97 Å². The Bertz CT molecular complexity index is 1150. The quantitative estimate of drug-likeness (QED) is 0.511. The fourth-order valence-electron chi connectivity index (χ4n) is 3.24. The molecule has 0 saturated heterocycles. The van der Waals surface area contributed by atoms with Gasteiger partial charge in [0.15, 0.2) is 11.5 Å². The van der Waals surface area contributed by atoms with Crippen molar-refractivity contribution in [3.63, 3.8) is 0 Å². The second-order valence-electron chi connectivity index (χ2n) is 6.12. The summed E-state index contributed by atoms with van der Waals surface area (Å²) in [6.45, 7) is 0. The van der Waals surface area contributed by atoms with Crippen LogP contribution in [0.3, 0.4) is 0 Å². The first-order valence-corrected chi connectivity index (χ1v) is 8.38. The number of nitrogens with two attached hydrogens (primary N) is 1. The maximum atomic E-state index is 11.8. The van der Waals surface area contributed by atoms with E-state index in [-0.39, 0.29) is 11.6 Å². The van der Waals surface area contributed by atoms with Gasteiger partial charge in [-0.2, -0.15) is 0 Å². The first kappa shape index (κ1) is 16.7.